The van der Waals surface area contributed by atoms with Gasteiger partial charge in [0, 0.05) is 11.0 Å². The van der Waals surface area contributed by atoms with Gasteiger partial charge < -0.3 is 9.90 Å². The lowest BCUT2D eigenvalue weighted by Crippen LogP contribution is -2.41. The van der Waals surface area contributed by atoms with Crippen molar-refractivity contribution in [3.63, 3.8) is 0 Å². The highest BCUT2D eigenvalue weighted by Gasteiger charge is 2.31. The summed E-state index contributed by atoms with van der Waals surface area (Å²) in [6, 6.07) is 0. The Bertz CT molecular complexity index is 266. The van der Waals surface area contributed by atoms with Crippen molar-refractivity contribution in [3.8, 4) is 0 Å². The molecule has 0 aromatic rings. The van der Waals surface area contributed by atoms with Gasteiger partial charge in [-0.05, 0) is 19.1 Å². The molecule has 0 aromatic heterocycles. The highest BCUT2D eigenvalue weighted by molar-refractivity contribution is 6.33. The predicted molar refractivity (Wildman–Crippen MR) is 45.8 cm³/mol. The van der Waals surface area contributed by atoms with E-state index in [1.807, 2.05) is 0 Å². The van der Waals surface area contributed by atoms with E-state index in [0.29, 0.717) is 5.03 Å². The lowest BCUT2D eigenvalue weighted by molar-refractivity contribution is -0.310. The molecule has 1 aliphatic carbocycles. The number of allylic oxidation sites excluding steroid dienone is 3. The summed E-state index contributed by atoms with van der Waals surface area (Å²) in [5.41, 5.74) is 0. The van der Waals surface area contributed by atoms with Gasteiger partial charge in [-0.3, -0.25) is 0 Å². The Morgan fingerprint density at radius 3 is 2.75 bits per heavy atom. The van der Waals surface area contributed by atoms with Gasteiger partial charge in [-0.15, -0.1) is 11.6 Å². The van der Waals surface area contributed by atoms with Crippen LogP contribution in [0.1, 0.15) is 6.92 Å². The lowest BCUT2D eigenvalue weighted by Gasteiger charge is -2.30. The van der Waals surface area contributed by atoms with Crippen molar-refractivity contribution in [1.82, 2.24) is 0 Å². The third kappa shape index (κ3) is 1.82. The summed E-state index contributed by atoms with van der Waals surface area (Å²) >= 11 is 11.5. The SMILES string of the molecule is CC1(Cl)C=C(Cl)C=CC1C(=O)[O-]. The molecule has 1 aliphatic rings. The van der Waals surface area contributed by atoms with E-state index in [4.69, 9.17) is 23.2 Å². The molecule has 0 saturated carbocycles. The highest BCUT2D eigenvalue weighted by Crippen LogP contribution is 2.33. The van der Waals surface area contributed by atoms with Crippen LogP contribution in [0.2, 0.25) is 0 Å². The Hall–Kier alpha value is -0.470. The van der Waals surface area contributed by atoms with Gasteiger partial charge in [-0.25, -0.2) is 0 Å². The van der Waals surface area contributed by atoms with Crippen LogP contribution in [0.3, 0.4) is 0 Å². The normalized spacial score (nSPS) is 34.6. The molecule has 2 unspecified atom stereocenters. The van der Waals surface area contributed by atoms with E-state index < -0.39 is 16.8 Å². The molecule has 0 radical (unpaired) electrons. The Labute approximate surface area is 80.5 Å². The summed E-state index contributed by atoms with van der Waals surface area (Å²) in [4.78, 5) is 9.58. The van der Waals surface area contributed by atoms with Crippen LogP contribution < -0.4 is 5.11 Å². The number of carbonyl (C=O) groups is 1. The van der Waals surface area contributed by atoms with E-state index in [1.165, 1.54) is 18.2 Å². The summed E-state index contributed by atoms with van der Waals surface area (Å²) in [7, 11) is 0. The van der Waals surface area contributed by atoms with Crippen LogP contribution in [-0.4, -0.2) is 10.8 Å². The monoisotopic (exact) mass is 205 g/mol. The molecular formula is C8H7Cl2O2-. The van der Waals surface area contributed by atoms with E-state index in [0.717, 1.165) is 0 Å². The number of carboxylic acid groups (broad SMARTS) is 1. The number of rotatable bonds is 1. The molecular weight excluding hydrogens is 199 g/mol. The Morgan fingerprint density at radius 1 is 1.75 bits per heavy atom. The molecule has 4 heteroatoms. The maximum atomic E-state index is 10.6. The van der Waals surface area contributed by atoms with E-state index in [1.54, 1.807) is 6.92 Å². The van der Waals surface area contributed by atoms with Gasteiger partial charge in [0.25, 0.3) is 0 Å². The fourth-order valence-corrected chi connectivity index (χ4v) is 1.73. The Balaban J connectivity index is 2.96. The van der Waals surface area contributed by atoms with E-state index in [-0.39, 0.29) is 0 Å². The van der Waals surface area contributed by atoms with Crippen LogP contribution in [0.4, 0.5) is 0 Å². The van der Waals surface area contributed by atoms with Gasteiger partial charge in [0.05, 0.1) is 10.8 Å². The number of carbonyl (C=O) groups excluding carboxylic acids is 1. The zero-order valence-corrected chi connectivity index (χ0v) is 7.89. The molecule has 0 aromatic carbocycles. The minimum absolute atomic E-state index is 0.449. The second-order valence-corrected chi connectivity index (χ2v) is 4.09. The first kappa shape index (κ1) is 9.62. The minimum Gasteiger partial charge on any atom is -0.549 e. The topological polar surface area (TPSA) is 40.1 Å². The first-order valence-electron chi connectivity index (χ1n) is 3.40. The van der Waals surface area contributed by atoms with Gasteiger partial charge in [-0.1, -0.05) is 17.7 Å². The molecule has 12 heavy (non-hydrogen) atoms. The van der Waals surface area contributed by atoms with Crippen molar-refractivity contribution >= 4 is 29.2 Å². The van der Waals surface area contributed by atoms with Crippen molar-refractivity contribution in [2.75, 3.05) is 0 Å². The van der Waals surface area contributed by atoms with E-state index >= 15 is 0 Å². The van der Waals surface area contributed by atoms with Crippen molar-refractivity contribution < 1.29 is 9.90 Å². The van der Waals surface area contributed by atoms with Crippen LogP contribution in [0, 0.1) is 5.92 Å². The molecule has 0 amide bonds. The van der Waals surface area contributed by atoms with Crippen molar-refractivity contribution in [3.05, 3.63) is 23.3 Å². The number of alkyl halides is 1. The summed E-state index contributed by atoms with van der Waals surface area (Å²) in [6.45, 7) is 1.58. The average molecular weight is 206 g/mol. The number of aliphatic carboxylic acids is 1. The van der Waals surface area contributed by atoms with Crippen molar-refractivity contribution in [2.24, 2.45) is 5.92 Å². The fourth-order valence-electron chi connectivity index (χ4n) is 1.09. The highest BCUT2D eigenvalue weighted by atomic mass is 35.5. The minimum atomic E-state index is -1.19. The van der Waals surface area contributed by atoms with Gasteiger partial charge in [0.1, 0.15) is 0 Å². The second-order valence-electron chi connectivity index (χ2n) is 2.84. The van der Waals surface area contributed by atoms with Crippen LogP contribution in [-0.2, 0) is 4.79 Å². The Kier molecular flexibility index (Phi) is 2.49. The second kappa shape index (κ2) is 3.11. The lowest BCUT2D eigenvalue weighted by atomic mass is 9.89. The van der Waals surface area contributed by atoms with Crippen LogP contribution in [0.15, 0.2) is 23.3 Å². The van der Waals surface area contributed by atoms with Gasteiger partial charge in [-0.2, -0.15) is 0 Å². The quantitative estimate of drug-likeness (QED) is 0.601. The van der Waals surface area contributed by atoms with Crippen LogP contribution >= 0.6 is 23.2 Å². The molecule has 2 atom stereocenters. The summed E-state index contributed by atoms with van der Waals surface area (Å²) in [6.07, 6.45) is 4.44. The number of hydrogen-bond acceptors (Lipinski definition) is 2. The molecule has 0 fully saturated rings. The average Bonchev–Trinajstić information content (AvgIpc) is 1.82. The smallest absolute Gasteiger partial charge is 0.0729 e. The molecule has 0 aliphatic heterocycles. The van der Waals surface area contributed by atoms with Gasteiger partial charge in [0.15, 0.2) is 0 Å². The standard InChI is InChI=1S/C8H8Cl2O2/c1-8(10)4-5(9)2-3-6(8)7(11)12/h2-4,6H,1H3,(H,11,12)/p-1. The Morgan fingerprint density at radius 2 is 2.33 bits per heavy atom. The zero-order valence-electron chi connectivity index (χ0n) is 6.38. The molecule has 2 nitrogen and oxygen atoms in total. The molecule has 66 valence electrons. The van der Waals surface area contributed by atoms with Crippen molar-refractivity contribution in [2.45, 2.75) is 11.8 Å². The number of carboxylic acids is 1. The maximum Gasteiger partial charge on any atom is 0.0729 e. The summed E-state index contributed by atoms with van der Waals surface area (Å²) < 4.78 is 0. The molecule has 0 N–H and O–H groups in total. The molecule has 0 bridgehead atoms. The molecule has 0 saturated heterocycles. The van der Waals surface area contributed by atoms with Gasteiger partial charge >= 0.3 is 0 Å². The van der Waals surface area contributed by atoms with Crippen LogP contribution in [0.5, 0.6) is 0 Å². The molecule has 0 heterocycles. The van der Waals surface area contributed by atoms with Gasteiger partial charge in [0.2, 0.25) is 0 Å². The van der Waals surface area contributed by atoms with E-state index in [9.17, 15) is 9.90 Å². The maximum absolute atomic E-state index is 10.6. The van der Waals surface area contributed by atoms with Crippen molar-refractivity contribution in [1.29, 1.82) is 0 Å². The third-order valence-corrected chi connectivity index (χ3v) is 2.31. The predicted octanol–water partition coefficient (Wildman–Crippen LogP) is 1.04. The fraction of sp³-hybridized carbons (Fsp3) is 0.375. The summed E-state index contributed by atoms with van der Waals surface area (Å²) in [5.74, 6) is -2.01. The number of halogens is 2. The first-order valence-corrected chi connectivity index (χ1v) is 4.15. The zero-order chi connectivity index (χ0) is 9.35. The largest absolute Gasteiger partial charge is 0.549 e. The third-order valence-electron chi connectivity index (χ3n) is 1.73. The first-order chi connectivity index (χ1) is 5.43. The number of hydrogen-bond donors (Lipinski definition) is 0. The molecule has 1 rings (SSSR count). The van der Waals surface area contributed by atoms with Crippen LogP contribution in [0.25, 0.3) is 0 Å². The van der Waals surface area contributed by atoms with E-state index in [2.05, 4.69) is 0 Å². The summed E-state index contributed by atoms with van der Waals surface area (Å²) in [5, 5.41) is 11.0. The molecule has 0 spiro atoms.